The van der Waals surface area contributed by atoms with Gasteiger partial charge in [-0.2, -0.15) is 0 Å². The Labute approximate surface area is 117 Å². The second-order valence-electron chi connectivity index (χ2n) is 5.42. The zero-order valence-corrected chi connectivity index (χ0v) is 11.3. The zero-order chi connectivity index (χ0) is 14.5. The summed E-state index contributed by atoms with van der Waals surface area (Å²) < 4.78 is 0. The lowest BCUT2D eigenvalue weighted by molar-refractivity contribution is -0.384. The molecule has 2 rings (SSSR count). The molecule has 0 spiro atoms. The minimum absolute atomic E-state index is 0.00115. The predicted molar refractivity (Wildman–Crippen MR) is 74.7 cm³/mol. The third kappa shape index (κ3) is 3.35. The number of carbonyl (C=O) groups is 1. The van der Waals surface area contributed by atoms with Crippen molar-refractivity contribution in [2.24, 2.45) is 5.92 Å². The first-order chi connectivity index (χ1) is 9.59. The van der Waals surface area contributed by atoms with Crippen molar-refractivity contribution in [1.82, 2.24) is 0 Å². The highest BCUT2D eigenvalue weighted by Gasteiger charge is 2.30. The lowest BCUT2D eigenvalue weighted by Gasteiger charge is -2.22. The quantitative estimate of drug-likeness (QED) is 0.516. The Kier molecular flexibility index (Phi) is 4.71. The van der Waals surface area contributed by atoms with Crippen LogP contribution in [0.2, 0.25) is 0 Å². The number of hydrogen-bond donors (Lipinski definition) is 1. The average Bonchev–Trinajstić information content (AvgIpc) is 2.68. The van der Waals surface area contributed by atoms with Crippen molar-refractivity contribution in [1.29, 1.82) is 0 Å². The molecule has 0 bridgehead atoms. The molecule has 0 radical (unpaired) electrons. The molecule has 0 aliphatic heterocycles. The summed E-state index contributed by atoms with van der Waals surface area (Å²) in [5.74, 6) is -1.24. The lowest BCUT2D eigenvalue weighted by Crippen LogP contribution is -2.21. The summed E-state index contributed by atoms with van der Waals surface area (Å²) in [6.45, 7) is 0. The van der Waals surface area contributed by atoms with Gasteiger partial charge in [0, 0.05) is 12.1 Å². The maximum absolute atomic E-state index is 11.6. The van der Waals surface area contributed by atoms with E-state index in [1.54, 1.807) is 12.1 Å². The van der Waals surface area contributed by atoms with Crippen molar-refractivity contribution in [2.45, 2.75) is 44.4 Å². The van der Waals surface area contributed by atoms with Gasteiger partial charge in [-0.15, -0.1) is 0 Å². The van der Waals surface area contributed by atoms with Crippen molar-refractivity contribution in [3.8, 4) is 0 Å². The Balaban J connectivity index is 2.23. The average molecular weight is 277 g/mol. The highest BCUT2D eigenvalue weighted by molar-refractivity contribution is 5.76. The molecule has 1 unspecified atom stereocenters. The van der Waals surface area contributed by atoms with Gasteiger partial charge in [-0.1, -0.05) is 37.8 Å². The number of carboxylic acid groups (broad SMARTS) is 1. The number of nitro groups is 1. The Morgan fingerprint density at radius 2 is 1.70 bits per heavy atom. The van der Waals surface area contributed by atoms with Crippen molar-refractivity contribution >= 4 is 11.7 Å². The first-order valence-electron chi connectivity index (χ1n) is 7.07. The van der Waals surface area contributed by atoms with Crippen LogP contribution in [0.25, 0.3) is 0 Å². The van der Waals surface area contributed by atoms with Gasteiger partial charge in [0.15, 0.2) is 0 Å². The second-order valence-corrected chi connectivity index (χ2v) is 5.42. The summed E-state index contributed by atoms with van der Waals surface area (Å²) in [7, 11) is 0. The number of non-ortho nitro benzene ring substituents is 1. The van der Waals surface area contributed by atoms with E-state index in [0.29, 0.717) is 5.56 Å². The first kappa shape index (κ1) is 14.5. The molecule has 1 aliphatic rings. The van der Waals surface area contributed by atoms with E-state index in [4.69, 9.17) is 0 Å². The SMILES string of the molecule is O=C(O)C(c1ccc([N+](=O)[O-])cc1)C1CCCCCC1. The molecule has 0 aromatic heterocycles. The smallest absolute Gasteiger partial charge is 0.311 e. The standard InChI is InChI=1S/C15H19NO4/c17-15(18)14(11-5-3-1-2-4-6-11)12-7-9-13(10-8-12)16(19)20/h7-11,14H,1-6H2,(H,17,18). The maximum Gasteiger partial charge on any atom is 0.311 e. The normalized spacial score (nSPS) is 18.2. The van der Waals surface area contributed by atoms with E-state index in [1.807, 2.05) is 0 Å². The van der Waals surface area contributed by atoms with Crippen molar-refractivity contribution in [3.05, 3.63) is 39.9 Å². The Hall–Kier alpha value is -1.91. The summed E-state index contributed by atoms with van der Waals surface area (Å²) in [4.78, 5) is 21.8. The Morgan fingerprint density at radius 1 is 1.15 bits per heavy atom. The summed E-state index contributed by atoms with van der Waals surface area (Å²) in [6.07, 6.45) is 6.33. The number of nitrogens with zero attached hydrogens (tertiary/aromatic N) is 1. The molecule has 5 heteroatoms. The van der Waals surface area contributed by atoms with Crippen LogP contribution in [0.1, 0.15) is 50.0 Å². The molecule has 1 saturated carbocycles. The van der Waals surface area contributed by atoms with E-state index in [1.165, 1.54) is 25.0 Å². The monoisotopic (exact) mass is 277 g/mol. The van der Waals surface area contributed by atoms with Crippen LogP contribution in [0.3, 0.4) is 0 Å². The Morgan fingerprint density at radius 3 is 2.15 bits per heavy atom. The molecule has 108 valence electrons. The van der Waals surface area contributed by atoms with Crippen LogP contribution in [-0.4, -0.2) is 16.0 Å². The topological polar surface area (TPSA) is 80.4 Å². The third-order valence-corrected chi connectivity index (χ3v) is 4.10. The number of rotatable bonds is 4. The van der Waals surface area contributed by atoms with Crippen LogP contribution in [0.4, 0.5) is 5.69 Å². The predicted octanol–water partition coefficient (Wildman–Crippen LogP) is 3.73. The molecule has 0 saturated heterocycles. The number of hydrogen-bond acceptors (Lipinski definition) is 3. The molecule has 1 aromatic rings. The van der Waals surface area contributed by atoms with Gasteiger partial charge in [0.25, 0.3) is 5.69 Å². The molecule has 1 N–H and O–H groups in total. The molecular formula is C15H19NO4. The van der Waals surface area contributed by atoms with E-state index in [2.05, 4.69) is 0 Å². The van der Waals surface area contributed by atoms with Gasteiger partial charge in [0.1, 0.15) is 0 Å². The molecular weight excluding hydrogens is 258 g/mol. The highest BCUT2D eigenvalue weighted by Crippen LogP contribution is 2.35. The van der Waals surface area contributed by atoms with Crippen molar-refractivity contribution in [3.63, 3.8) is 0 Å². The van der Waals surface area contributed by atoms with Crippen molar-refractivity contribution < 1.29 is 14.8 Å². The fourth-order valence-corrected chi connectivity index (χ4v) is 3.06. The van der Waals surface area contributed by atoms with Gasteiger partial charge < -0.3 is 5.11 Å². The minimum Gasteiger partial charge on any atom is -0.481 e. The van der Waals surface area contributed by atoms with Gasteiger partial charge in [-0.25, -0.2) is 0 Å². The molecule has 1 aromatic carbocycles. The van der Waals surface area contributed by atoms with E-state index in [0.717, 1.165) is 25.7 Å². The van der Waals surface area contributed by atoms with E-state index in [-0.39, 0.29) is 11.6 Å². The molecule has 20 heavy (non-hydrogen) atoms. The summed E-state index contributed by atoms with van der Waals surface area (Å²) >= 11 is 0. The number of benzene rings is 1. The van der Waals surface area contributed by atoms with Gasteiger partial charge in [0.05, 0.1) is 10.8 Å². The molecule has 5 nitrogen and oxygen atoms in total. The molecule has 0 heterocycles. The van der Waals surface area contributed by atoms with Gasteiger partial charge in [-0.05, 0) is 24.3 Å². The highest BCUT2D eigenvalue weighted by atomic mass is 16.6. The summed E-state index contributed by atoms with van der Waals surface area (Å²) in [5.41, 5.74) is 0.675. The first-order valence-corrected chi connectivity index (χ1v) is 7.07. The zero-order valence-electron chi connectivity index (χ0n) is 11.3. The van der Waals surface area contributed by atoms with Crippen LogP contribution >= 0.6 is 0 Å². The van der Waals surface area contributed by atoms with Crippen LogP contribution in [0.15, 0.2) is 24.3 Å². The number of nitro benzene ring substituents is 1. The van der Waals surface area contributed by atoms with E-state index < -0.39 is 16.8 Å². The maximum atomic E-state index is 11.6. The van der Waals surface area contributed by atoms with Crippen LogP contribution in [0, 0.1) is 16.0 Å². The van der Waals surface area contributed by atoms with E-state index >= 15 is 0 Å². The number of carboxylic acids is 1. The summed E-state index contributed by atoms with van der Waals surface area (Å²) in [6, 6.07) is 5.95. The van der Waals surface area contributed by atoms with Crippen LogP contribution in [-0.2, 0) is 4.79 Å². The van der Waals surface area contributed by atoms with E-state index in [9.17, 15) is 20.0 Å². The van der Waals surface area contributed by atoms with Gasteiger partial charge in [0.2, 0.25) is 0 Å². The third-order valence-electron chi connectivity index (χ3n) is 4.10. The van der Waals surface area contributed by atoms with Gasteiger partial charge in [-0.3, -0.25) is 14.9 Å². The second kappa shape index (κ2) is 6.50. The molecule has 0 amide bonds. The fourth-order valence-electron chi connectivity index (χ4n) is 3.06. The molecule has 1 aliphatic carbocycles. The summed E-state index contributed by atoms with van der Waals surface area (Å²) in [5, 5.41) is 20.2. The number of aliphatic carboxylic acids is 1. The lowest BCUT2D eigenvalue weighted by atomic mass is 9.81. The Bertz CT molecular complexity index is 475. The molecule has 1 atom stereocenters. The molecule has 1 fully saturated rings. The largest absolute Gasteiger partial charge is 0.481 e. The van der Waals surface area contributed by atoms with Crippen LogP contribution < -0.4 is 0 Å². The fraction of sp³-hybridized carbons (Fsp3) is 0.533. The minimum atomic E-state index is -0.828. The van der Waals surface area contributed by atoms with Crippen LogP contribution in [0.5, 0.6) is 0 Å². The van der Waals surface area contributed by atoms with Gasteiger partial charge >= 0.3 is 5.97 Å². The van der Waals surface area contributed by atoms with Crippen molar-refractivity contribution in [2.75, 3.05) is 0 Å².